The first-order valence-electron chi connectivity index (χ1n) is 8.59. The van der Waals surface area contributed by atoms with E-state index in [1.54, 1.807) is 21.1 Å². The molecule has 0 aliphatic carbocycles. The summed E-state index contributed by atoms with van der Waals surface area (Å²) in [6.07, 6.45) is 0. The Morgan fingerprint density at radius 3 is 2.48 bits per heavy atom. The number of amides is 2. The first kappa shape index (κ1) is 20.7. The number of carbonyl (C=O) groups is 2. The van der Waals surface area contributed by atoms with Gasteiger partial charge in [-0.15, -0.1) is 11.3 Å². The predicted molar refractivity (Wildman–Crippen MR) is 105 cm³/mol. The topological polar surface area (TPSA) is 91.8 Å². The maximum absolute atomic E-state index is 12.3. The van der Waals surface area contributed by atoms with Gasteiger partial charge in [0, 0.05) is 19.2 Å². The lowest BCUT2D eigenvalue weighted by atomic mass is 10.2. The third kappa shape index (κ3) is 5.19. The van der Waals surface area contributed by atoms with Crippen LogP contribution in [0.15, 0.2) is 24.3 Å². The molecule has 1 aromatic heterocycles. The highest BCUT2D eigenvalue weighted by atomic mass is 32.1. The second kappa shape index (κ2) is 8.85. The van der Waals surface area contributed by atoms with Gasteiger partial charge in [-0.25, -0.2) is 9.78 Å². The van der Waals surface area contributed by atoms with Gasteiger partial charge in [0.25, 0.3) is 0 Å². The number of nitrogens with one attached hydrogen (secondary N) is 1. The van der Waals surface area contributed by atoms with Gasteiger partial charge < -0.3 is 20.1 Å². The third-order valence-corrected chi connectivity index (χ3v) is 5.61. The number of hydrogen-bond acceptors (Lipinski definition) is 5. The van der Waals surface area contributed by atoms with Crippen molar-refractivity contribution >= 4 is 23.3 Å². The van der Waals surface area contributed by atoms with Crippen LogP contribution in [0, 0.1) is 12.8 Å². The van der Waals surface area contributed by atoms with Crippen LogP contribution in [0.2, 0.25) is 0 Å². The van der Waals surface area contributed by atoms with Crippen molar-refractivity contribution in [1.29, 1.82) is 0 Å². The number of ether oxygens (including phenoxy) is 1. The van der Waals surface area contributed by atoms with E-state index in [2.05, 4.69) is 10.3 Å². The number of nitrogens with zero attached hydrogens (tertiary/aromatic N) is 2. The molecule has 2 amide bonds. The van der Waals surface area contributed by atoms with Crippen molar-refractivity contribution in [2.75, 3.05) is 20.7 Å². The Balaban J connectivity index is 2.07. The predicted octanol–water partition coefficient (Wildman–Crippen LogP) is 3.55. The van der Waals surface area contributed by atoms with Gasteiger partial charge in [-0.3, -0.25) is 4.79 Å². The number of carboxylic acids is 1. The van der Waals surface area contributed by atoms with E-state index in [0.717, 1.165) is 26.9 Å². The van der Waals surface area contributed by atoms with E-state index in [9.17, 15) is 9.59 Å². The number of aliphatic carboxylic acids is 1. The van der Waals surface area contributed by atoms with Gasteiger partial charge in [0.15, 0.2) is 0 Å². The van der Waals surface area contributed by atoms with Crippen LogP contribution < -0.4 is 10.1 Å². The van der Waals surface area contributed by atoms with Gasteiger partial charge in [-0.05, 0) is 38.1 Å². The lowest BCUT2D eigenvalue weighted by Gasteiger charge is -2.22. The van der Waals surface area contributed by atoms with Crippen molar-refractivity contribution in [1.82, 2.24) is 15.2 Å². The molecule has 2 N–H and O–H groups in total. The Labute approximate surface area is 163 Å². The minimum Gasteiger partial charge on any atom is -0.497 e. The van der Waals surface area contributed by atoms with Crippen LogP contribution in [0.25, 0.3) is 10.6 Å². The highest BCUT2D eigenvalue weighted by Crippen LogP contribution is 2.32. The van der Waals surface area contributed by atoms with Crippen molar-refractivity contribution in [3.8, 4) is 16.3 Å². The summed E-state index contributed by atoms with van der Waals surface area (Å²) in [5.41, 5.74) is 1.85. The van der Waals surface area contributed by atoms with E-state index in [4.69, 9.17) is 9.84 Å². The van der Waals surface area contributed by atoms with Crippen molar-refractivity contribution in [2.45, 2.75) is 26.8 Å². The number of carboxylic acid groups (broad SMARTS) is 1. The van der Waals surface area contributed by atoms with Crippen molar-refractivity contribution in [3.63, 3.8) is 0 Å². The fourth-order valence-electron chi connectivity index (χ4n) is 2.60. The molecule has 2 rings (SSSR count). The molecule has 0 bridgehead atoms. The van der Waals surface area contributed by atoms with Crippen LogP contribution in [0.5, 0.6) is 5.75 Å². The quantitative estimate of drug-likeness (QED) is 0.753. The Kier molecular flexibility index (Phi) is 6.79. The molecule has 0 aliphatic heterocycles. The largest absolute Gasteiger partial charge is 0.497 e. The minimum atomic E-state index is -0.926. The van der Waals surface area contributed by atoms with Gasteiger partial charge >= 0.3 is 12.0 Å². The average Bonchev–Trinajstić information content (AvgIpc) is 3.03. The summed E-state index contributed by atoms with van der Waals surface area (Å²) < 4.78 is 5.17. The summed E-state index contributed by atoms with van der Waals surface area (Å²) in [4.78, 5) is 30.3. The molecule has 0 radical (unpaired) electrons. The van der Waals surface area contributed by atoms with Crippen molar-refractivity contribution in [3.05, 3.63) is 34.8 Å². The highest BCUT2D eigenvalue weighted by Gasteiger charge is 2.21. The van der Waals surface area contributed by atoms with E-state index in [1.165, 1.54) is 16.2 Å². The third-order valence-electron chi connectivity index (χ3n) is 4.22. The number of rotatable bonds is 7. The zero-order valence-electron chi connectivity index (χ0n) is 16.1. The summed E-state index contributed by atoms with van der Waals surface area (Å²) in [5.74, 6) is -0.764. The monoisotopic (exact) mass is 391 g/mol. The van der Waals surface area contributed by atoms with Gasteiger partial charge in [-0.2, -0.15) is 0 Å². The molecule has 0 spiro atoms. The first-order chi connectivity index (χ1) is 12.7. The number of aromatic nitrogens is 1. The molecule has 7 nitrogen and oxygen atoms in total. The molecule has 2 atom stereocenters. The molecule has 8 heteroatoms. The summed E-state index contributed by atoms with van der Waals surface area (Å²) in [6.45, 7) is 5.53. The summed E-state index contributed by atoms with van der Waals surface area (Å²) in [5, 5.41) is 12.8. The Morgan fingerprint density at radius 1 is 1.30 bits per heavy atom. The van der Waals surface area contributed by atoms with Gasteiger partial charge in [-0.1, -0.05) is 6.92 Å². The lowest BCUT2D eigenvalue weighted by Crippen LogP contribution is -2.41. The van der Waals surface area contributed by atoms with Crippen LogP contribution in [0.3, 0.4) is 0 Å². The number of hydrogen-bond donors (Lipinski definition) is 2. The standard InChI is InChI=1S/C19H25N3O4S/c1-11(18(23)24)10-22(4)19(25)21-13(3)16-12(2)20-17(27-16)14-6-8-15(26-5)9-7-14/h6-9,11,13H,10H2,1-5H3,(H,21,25)(H,23,24). The molecule has 2 aromatic rings. The molecule has 0 aliphatic rings. The average molecular weight is 391 g/mol. The molecule has 0 saturated heterocycles. The smallest absolute Gasteiger partial charge is 0.317 e. The second-order valence-electron chi connectivity index (χ2n) is 6.49. The fraction of sp³-hybridized carbons (Fsp3) is 0.421. The number of urea groups is 1. The summed E-state index contributed by atoms with van der Waals surface area (Å²) >= 11 is 1.53. The van der Waals surface area contributed by atoms with E-state index >= 15 is 0 Å². The number of thiazole rings is 1. The lowest BCUT2D eigenvalue weighted by molar-refractivity contribution is -0.141. The molecule has 0 fully saturated rings. The van der Waals surface area contributed by atoms with Gasteiger partial charge in [0.05, 0.1) is 29.6 Å². The number of aryl methyl sites for hydroxylation is 1. The van der Waals surface area contributed by atoms with Crippen molar-refractivity contribution in [2.24, 2.45) is 5.92 Å². The molecular weight excluding hydrogens is 366 g/mol. The van der Waals surface area contributed by atoms with Crippen LogP contribution >= 0.6 is 11.3 Å². The highest BCUT2D eigenvalue weighted by molar-refractivity contribution is 7.15. The van der Waals surface area contributed by atoms with Crippen molar-refractivity contribution < 1.29 is 19.4 Å². The summed E-state index contributed by atoms with van der Waals surface area (Å²) in [7, 11) is 3.21. The summed E-state index contributed by atoms with van der Waals surface area (Å²) in [6, 6.07) is 7.13. The van der Waals surface area contributed by atoms with E-state index in [-0.39, 0.29) is 18.6 Å². The molecule has 146 valence electrons. The first-order valence-corrected chi connectivity index (χ1v) is 9.40. The van der Waals surface area contributed by atoms with Crippen LogP contribution in [-0.2, 0) is 4.79 Å². The maximum Gasteiger partial charge on any atom is 0.317 e. The van der Waals surface area contributed by atoms with E-state index in [1.807, 2.05) is 38.1 Å². The van der Waals surface area contributed by atoms with Crippen LogP contribution in [-0.4, -0.2) is 47.7 Å². The second-order valence-corrected chi connectivity index (χ2v) is 7.52. The van der Waals surface area contributed by atoms with Crippen LogP contribution in [0.1, 0.15) is 30.5 Å². The van der Waals surface area contributed by atoms with Gasteiger partial charge in [0.1, 0.15) is 10.8 Å². The molecule has 0 saturated carbocycles. The molecule has 1 heterocycles. The van der Waals surface area contributed by atoms with E-state index in [0.29, 0.717) is 0 Å². The molecule has 27 heavy (non-hydrogen) atoms. The number of benzene rings is 1. The maximum atomic E-state index is 12.3. The SMILES string of the molecule is COc1ccc(-c2nc(C)c(C(C)NC(=O)N(C)CC(C)C(=O)O)s2)cc1. The zero-order chi connectivity index (χ0) is 20.1. The Morgan fingerprint density at radius 2 is 1.93 bits per heavy atom. The molecule has 2 unspecified atom stereocenters. The Bertz CT molecular complexity index is 804. The minimum absolute atomic E-state index is 0.145. The Hall–Kier alpha value is -2.61. The normalized spacial score (nSPS) is 12.9. The molecule has 1 aromatic carbocycles. The van der Waals surface area contributed by atoms with E-state index < -0.39 is 11.9 Å². The number of carbonyl (C=O) groups excluding carboxylic acids is 1. The van der Waals surface area contributed by atoms with Crippen LogP contribution in [0.4, 0.5) is 4.79 Å². The van der Waals surface area contributed by atoms with Gasteiger partial charge in [0.2, 0.25) is 0 Å². The number of methoxy groups -OCH3 is 1. The molecular formula is C19H25N3O4S. The zero-order valence-corrected chi connectivity index (χ0v) is 17.0. The fourth-order valence-corrected chi connectivity index (χ4v) is 3.67.